The van der Waals surface area contributed by atoms with Crippen LogP contribution >= 0.6 is 34.7 Å². The van der Waals surface area contributed by atoms with Crippen molar-refractivity contribution in [1.82, 2.24) is 0 Å². The fourth-order valence-corrected chi connectivity index (χ4v) is 3.78. The molecular weight excluding hydrogens is 270 g/mol. The maximum Gasteiger partial charge on any atom is 0.0834 e. The first-order chi connectivity index (χ1) is 8.19. The van der Waals surface area contributed by atoms with Gasteiger partial charge in [0.25, 0.3) is 0 Å². The van der Waals surface area contributed by atoms with Crippen molar-refractivity contribution in [3.8, 4) is 0 Å². The van der Waals surface area contributed by atoms with E-state index >= 15 is 0 Å². The van der Waals surface area contributed by atoms with Gasteiger partial charge in [-0.25, -0.2) is 0 Å². The molecule has 0 saturated carbocycles. The number of rotatable bonds is 4. The SMILES string of the molecule is CCc1cc(N)c(SCc2ccc(Cl)cc2)s1. The third-order valence-corrected chi connectivity index (χ3v) is 5.33. The molecule has 1 aromatic carbocycles. The summed E-state index contributed by atoms with van der Waals surface area (Å²) < 4.78 is 1.22. The van der Waals surface area contributed by atoms with E-state index in [0.717, 1.165) is 22.9 Å². The van der Waals surface area contributed by atoms with Crippen molar-refractivity contribution in [2.45, 2.75) is 23.3 Å². The van der Waals surface area contributed by atoms with Gasteiger partial charge >= 0.3 is 0 Å². The largest absolute Gasteiger partial charge is 0.397 e. The summed E-state index contributed by atoms with van der Waals surface area (Å²) in [5.74, 6) is 0.936. The van der Waals surface area contributed by atoms with Gasteiger partial charge < -0.3 is 5.73 Å². The zero-order chi connectivity index (χ0) is 12.3. The fourth-order valence-electron chi connectivity index (χ4n) is 1.46. The Morgan fingerprint density at radius 2 is 2.00 bits per heavy atom. The zero-order valence-electron chi connectivity index (χ0n) is 9.57. The minimum Gasteiger partial charge on any atom is -0.397 e. The third-order valence-electron chi connectivity index (χ3n) is 2.41. The zero-order valence-corrected chi connectivity index (χ0v) is 12.0. The number of halogens is 1. The second-order valence-corrected chi connectivity index (χ2v) is 6.54. The summed E-state index contributed by atoms with van der Waals surface area (Å²) in [6, 6.07) is 10.0. The van der Waals surface area contributed by atoms with Crippen LogP contribution in [0.2, 0.25) is 5.02 Å². The molecule has 17 heavy (non-hydrogen) atoms. The molecule has 0 spiro atoms. The predicted molar refractivity (Wildman–Crippen MR) is 79.1 cm³/mol. The fraction of sp³-hybridized carbons (Fsp3) is 0.231. The highest BCUT2D eigenvalue weighted by Gasteiger charge is 2.06. The maximum absolute atomic E-state index is 5.97. The van der Waals surface area contributed by atoms with Crippen molar-refractivity contribution >= 4 is 40.4 Å². The molecule has 0 aliphatic carbocycles. The quantitative estimate of drug-likeness (QED) is 0.813. The van der Waals surface area contributed by atoms with Crippen LogP contribution in [0, 0.1) is 0 Å². The average Bonchev–Trinajstić information content (AvgIpc) is 2.69. The Hall–Kier alpha value is -0.640. The van der Waals surface area contributed by atoms with Crippen LogP contribution in [-0.2, 0) is 12.2 Å². The molecule has 0 unspecified atom stereocenters. The first-order valence-electron chi connectivity index (χ1n) is 5.44. The Kier molecular flexibility index (Phi) is 4.37. The van der Waals surface area contributed by atoms with Gasteiger partial charge in [-0.15, -0.1) is 23.1 Å². The molecule has 0 aliphatic rings. The molecule has 1 nitrogen and oxygen atoms in total. The van der Waals surface area contributed by atoms with Crippen LogP contribution in [0.5, 0.6) is 0 Å². The molecule has 0 bridgehead atoms. The molecule has 2 N–H and O–H groups in total. The number of aryl methyl sites for hydroxylation is 1. The molecule has 4 heteroatoms. The number of benzene rings is 1. The molecule has 0 atom stereocenters. The summed E-state index contributed by atoms with van der Waals surface area (Å²) in [5.41, 5.74) is 8.15. The molecule has 0 aliphatic heterocycles. The summed E-state index contributed by atoms with van der Waals surface area (Å²) >= 11 is 9.44. The lowest BCUT2D eigenvalue weighted by Gasteiger charge is -2.01. The van der Waals surface area contributed by atoms with Gasteiger partial charge in [-0.05, 0) is 30.2 Å². The number of nitrogen functional groups attached to an aromatic ring is 1. The topological polar surface area (TPSA) is 26.0 Å². The number of hydrogen-bond acceptors (Lipinski definition) is 3. The second kappa shape index (κ2) is 5.80. The lowest BCUT2D eigenvalue weighted by molar-refractivity contribution is 1.19. The maximum atomic E-state index is 5.97. The number of anilines is 1. The number of thioether (sulfide) groups is 1. The summed E-state index contributed by atoms with van der Waals surface area (Å²) in [4.78, 5) is 1.35. The van der Waals surface area contributed by atoms with E-state index in [1.54, 1.807) is 23.1 Å². The van der Waals surface area contributed by atoms with Crippen LogP contribution in [0.4, 0.5) is 5.69 Å². The highest BCUT2D eigenvalue weighted by molar-refractivity contribution is 8.00. The smallest absolute Gasteiger partial charge is 0.0834 e. The van der Waals surface area contributed by atoms with E-state index in [2.05, 4.69) is 25.1 Å². The third kappa shape index (κ3) is 3.41. The van der Waals surface area contributed by atoms with Gasteiger partial charge in [0.2, 0.25) is 0 Å². The van der Waals surface area contributed by atoms with E-state index in [1.807, 2.05) is 12.1 Å². The highest BCUT2D eigenvalue weighted by Crippen LogP contribution is 2.36. The average molecular weight is 284 g/mol. The van der Waals surface area contributed by atoms with Crippen molar-refractivity contribution in [2.24, 2.45) is 0 Å². The Bertz CT molecular complexity index is 491. The lowest BCUT2D eigenvalue weighted by Crippen LogP contribution is -1.83. The molecule has 1 heterocycles. The molecule has 0 fully saturated rings. The normalized spacial score (nSPS) is 10.7. The summed E-state index contributed by atoms with van der Waals surface area (Å²) in [6.07, 6.45) is 1.05. The molecular formula is C13H14ClNS2. The van der Waals surface area contributed by atoms with Crippen molar-refractivity contribution in [3.05, 3.63) is 45.8 Å². The number of nitrogens with two attached hydrogens (primary N) is 1. The number of hydrogen-bond donors (Lipinski definition) is 1. The van der Waals surface area contributed by atoms with Crippen molar-refractivity contribution in [1.29, 1.82) is 0 Å². The van der Waals surface area contributed by atoms with E-state index in [9.17, 15) is 0 Å². The van der Waals surface area contributed by atoms with E-state index in [0.29, 0.717) is 0 Å². The molecule has 2 aromatic rings. The monoisotopic (exact) mass is 283 g/mol. The Morgan fingerprint density at radius 1 is 1.29 bits per heavy atom. The van der Waals surface area contributed by atoms with E-state index in [-0.39, 0.29) is 0 Å². The molecule has 1 aromatic heterocycles. The van der Waals surface area contributed by atoms with Crippen LogP contribution in [0.3, 0.4) is 0 Å². The summed E-state index contributed by atoms with van der Waals surface area (Å²) in [5, 5.41) is 0.780. The lowest BCUT2D eigenvalue weighted by atomic mass is 10.2. The van der Waals surface area contributed by atoms with Crippen LogP contribution in [0.15, 0.2) is 34.5 Å². The van der Waals surface area contributed by atoms with Crippen LogP contribution < -0.4 is 5.73 Å². The standard InChI is InChI=1S/C13H14ClNS2/c1-2-11-7-12(15)13(17-11)16-8-9-3-5-10(14)6-4-9/h3-7H,2,8,15H2,1H3. The van der Waals surface area contributed by atoms with Gasteiger partial charge in [0.15, 0.2) is 0 Å². The van der Waals surface area contributed by atoms with Crippen LogP contribution in [-0.4, -0.2) is 0 Å². The Morgan fingerprint density at radius 3 is 2.59 bits per heavy atom. The van der Waals surface area contributed by atoms with Crippen molar-refractivity contribution in [2.75, 3.05) is 5.73 Å². The van der Waals surface area contributed by atoms with E-state index in [4.69, 9.17) is 17.3 Å². The summed E-state index contributed by atoms with van der Waals surface area (Å²) in [6.45, 7) is 2.15. The first-order valence-corrected chi connectivity index (χ1v) is 7.62. The van der Waals surface area contributed by atoms with Gasteiger partial charge in [-0.1, -0.05) is 30.7 Å². The molecule has 0 radical (unpaired) electrons. The van der Waals surface area contributed by atoms with Crippen LogP contribution in [0.25, 0.3) is 0 Å². The first kappa shape index (κ1) is 12.8. The van der Waals surface area contributed by atoms with Crippen LogP contribution in [0.1, 0.15) is 17.4 Å². The van der Waals surface area contributed by atoms with Gasteiger partial charge in [0.1, 0.15) is 0 Å². The van der Waals surface area contributed by atoms with Gasteiger partial charge in [0.05, 0.1) is 9.90 Å². The minimum atomic E-state index is 0.780. The second-order valence-electron chi connectivity index (χ2n) is 3.72. The van der Waals surface area contributed by atoms with E-state index in [1.165, 1.54) is 14.6 Å². The predicted octanol–water partition coefficient (Wildman–Crippen LogP) is 4.84. The van der Waals surface area contributed by atoms with Gasteiger partial charge in [0, 0.05) is 15.7 Å². The van der Waals surface area contributed by atoms with Crippen molar-refractivity contribution < 1.29 is 0 Å². The molecule has 2 rings (SSSR count). The summed E-state index contributed by atoms with van der Waals surface area (Å²) in [7, 11) is 0. The highest BCUT2D eigenvalue weighted by atomic mass is 35.5. The van der Waals surface area contributed by atoms with Gasteiger partial charge in [-0.2, -0.15) is 0 Å². The van der Waals surface area contributed by atoms with Gasteiger partial charge in [-0.3, -0.25) is 0 Å². The minimum absolute atomic E-state index is 0.780. The molecule has 90 valence electrons. The molecule has 0 saturated heterocycles. The van der Waals surface area contributed by atoms with Crippen molar-refractivity contribution in [3.63, 3.8) is 0 Å². The van der Waals surface area contributed by atoms with E-state index < -0.39 is 0 Å². The Labute approximate surface area is 115 Å². The number of thiophene rings is 1. The Balaban J connectivity index is 2.01. The molecule has 0 amide bonds.